The summed E-state index contributed by atoms with van der Waals surface area (Å²) in [6.07, 6.45) is 0. The van der Waals surface area contributed by atoms with Crippen molar-refractivity contribution in [1.29, 1.82) is 0 Å². The molecule has 1 amide bonds. The van der Waals surface area contributed by atoms with Crippen LogP contribution in [0.4, 0.5) is 14.5 Å². The predicted molar refractivity (Wildman–Crippen MR) is 112 cm³/mol. The number of carbonyl (C=O) groups is 1. The second-order valence-electron chi connectivity index (χ2n) is 6.66. The Hall–Kier alpha value is -3.30. The van der Waals surface area contributed by atoms with Crippen LogP contribution in [-0.2, 0) is 14.8 Å². The maximum absolute atomic E-state index is 13.6. The number of rotatable bonds is 8. The van der Waals surface area contributed by atoms with E-state index in [1.807, 2.05) is 30.3 Å². The molecule has 0 saturated carbocycles. The highest BCUT2D eigenvalue weighted by molar-refractivity contribution is 7.89. The Balaban J connectivity index is 1.59. The minimum absolute atomic E-state index is 0.0283. The van der Waals surface area contributed by atoms with Crippen LogP contribution in [-0.4, -0.2) is 20.9 Å². The highest BCUT2D eigenvalue weighted by atomic mass is 32.2. The second kappa shape index (κ2) is 9.67. The fourth-order valence-electron chi connectivity index (χ4n) is 2.77. The van der Waals surface area contributed by atoms with E-state index >= 15 is 0 Å². The molecule has 0 radical (unpaired) electrons. The second-order valence-corrected chi connectivity index (χ2v) is 8.37. The van der Waals surface area contributed by atoms with Crippen molar-refractivity contribution < 1.29 is 26.7 Å². The summed E-state index contributed by atoms with van der Waals surface area (Å²) in [5.74, 6) is -2.35. The van der Waals surface area contributed by atoms with E-state index in [2.05, 4.69) is 10.0 Å². The van der Waals surface area contributed by atoms with Crippen molar-refractivity contribution in [2.45, 2.75) is 17.9 Å². The van der Waals surface area contributed by atoms with E-state index < -0.39 is 45.9 Å². The van der Waals surface area contributed by atoms with Gasteiger partial charge in [0.25, 0.3) is 5.91 Å². The maximum atomic E-state index is 13.6. The molecule has 3 aromatic carbocycles. The van der Waals surface area contributed by atoms with Gasteiger partial charge in [-0.2, -0.15) is 0 Å². The van der Waals surface area contributed by atoms with Gasteiger partial charge in [0.15, 0.2) is 6.61 Å². The van der Waals surface area contributed by atoms with Gasteiger partial charge in [0.05, 0.1) is 4.90 Å². The van der Waals surface area contributed by atoms with E-state index in [1.54, 1.807) is 6.92 Å². The summed E-state index contributed by atoms with van der Waals surface area (Å²) in [4.78, 5) is 11.9. The molecule has 6 nitrogen and oxygen atoms in total. The molecule has 31 heavy (non-hydrogen) atoms. The molecule has 0 heterocycles. The van der Waals surface area contributed by atoms with E-state index in [0.29, 0.717) is 0 Å². The number of nitrogens with one attached hydrogen (secondary N) is 2. The summed E-state index contributed by atoms with van der Waals surface area (Å²) in [5.41, 5.74) is 0.263. The van der Waals surface area contributed by atoms with Crippen LogP contribution in [0.1, 0.15) is 18.5 Å². The fraction of sp³-hybridized carbons (Fsp3) is 0.136. The largest absolute Gasteiger partial charge is 0.484 e. The number of halogens is 2. The first-order valence-corrected chi connectivity index (χ1v) is 10.8. The minimum atomic E-state index is -3.77. The molecule has 3 aromatic rings. The average Bonchev–Trinajstić information content (AvgIpc) is 2.75. The topological polar surface area (TPSA) is 84.5 Å². The molecule has 0 fully saturated rings. The molecule has 0 aromatic heterocycles. The highest BCUT2D eigenvalue weighted by Gasteiger charge is 2.18. The summed E-state index contributed by atoms with van der Waals surface area (Å²) in [6.45, 7) is 1.23. The van der Waals surface area contributed by atoms with Crippen LogP contribution in [0.25, 0.3) is 0 Å². The van der Waals surface area contributed by atoms with Crippen molar-refractivity contribution in [3.8, 4) is 5.75 Å². The zero-order valence-electron chi connectivity index (χ0n) is 16.5. The van der Waals surface area contributed by atoms with E-state index in [1.165, 1.54) is 30.3 Å². The minimum Gasteiger partial charge on any atom is -0.484 e. The van der Waals surface area contributed by atoms with Crippen LogP contribution in [0.5, 0.6) is 5.75 Å². The highest BCUT2D eigenvalue weighted by Crippen LogP contribution is 2.20. The summed E-state index contributed by atoms with van der Waals surface area (Å²) in [7, 11) is -3.77. The molecular weight excluding hydrogens is 426 g/mol. The number of hydrogen-bond donors (Lipinski definition) is 2. The van der Waals surface area contributed by atoms with Gasteiger partial charge in [0, 0.05) is 6.04 Å². The molecule has 9 heteroatoms. The van der Waals surface area contributed by atoms with Crippen molar-refractivity contribution in [3.63, 3.8) is 0 Å². The first-order chi connectivity index (χ1) is 14.8. The van der Waals surface area contributed by atoms with Crippen LogP contribution in [0.3, 0.4) is 0 Å². The summed E-state index contributed by atoms with van der Waals surface area (Å²) in [6, 6.07) is 17.4. The van der Waals surface area contributed by atoms with Crippen LogP contribution < -0.4 is 14.8 Å². The number of benzene rings is 3. The third kappa shape index (κ3) is 5.87. The molecule has 162 valence electrons. The molecule has 2 N–H and O–H groups in total. The number of anilines is 1. The number of ether oxygens (including phenoxy) is 1. The Bertz CT molecular complexity index is 1130. The fourth-order valence-corrected chi connectivity index (χ4v) is 4.00. The van der Waals surface area contributed by atoms with Crippen LogP contribution >= 0.6 is 0 Å². The van der Waals surface area contributed by atoms with Crippen LogP contribution in [0.15, 0.2) is 77.7 Å². The van der Waals surface area contributed by atoms with Gasteiger partial charge in [-0.05, 0) is 48.9 Å². The Morgan fingerprint density at radius 3 is 2.16 bits per heavy atom. The molecular formula is C22H20F2N2O4S. The van der Waals surface area contributed by atoms with Gasteiger partial charge in [-0.25, -0.2) is 21.9 Å². The first-order valence-electron chi connectivity index (χ1n) is 9.30. The standard InChI is InChI=1S/C22H20F2N2O4S/c1-15(16-6-3-2-4-7-16)26-31(28,29)18-12-10-17(11-13-18)30-14-21(27)25-22-19(23)8-5-9-20(22)24/h2-13,15,26H,14H2,1H3,(H,25,27)/t15-/m0/s1. The molecule has 3 rings (SSSR count). The Morgan fingerprint density at radius 1 is 0.935 bits per heavy atom. The molecule has 0 aliphatic rings. The van der Waals surface area contributed by atoms with E-state index in [4.69, 9.17) is 4.74 Å². The lowest BCUT2D eigenvalue weighted by atomic mass is 10.1. The molecule has 1 atom stereocenters. The van der Waals surface area contributed by atoms with E-state index in [-0.39, 0.29) is 10.6 Å². The first kappa shape index (κ1) is 22.4. The van der Waals surface area contributed by atoms with E-state index in [9.17, 15) is 22.0 Å². The van der Waals surface area contributed by atoms with Gasteiger partial charge in [-0.3, -0.25) is 4.79 Å². The SMILES string of the molecule is C[C@H](NS(=O)(=O)c1ccc(OCC(=O)Nc2c(F)cccc2F)cc1)c1ccccc1. The van der Waals surface area contributed by atoms with Crippen LogP contribution in [0, 0.1) is 11.6 Å². The van der Waals surface area contributed by atoms with Crippen molar-refractivity contribution in [3.05, 3.63) is 90.0 Å². The summed E-state index contributed by atoms with van der Waals surface area (Å²) < 4.78 is 60.1. The third-order valence-corrected chi connectivity index (χ3v) is 5.92. The predicted octanol–water partition coefficient (Wildman–Crippen LogP) is 4.02. The van der Waals surface area contributed by atoms with Crippen LogP contribution in [0.2, 0.25) is 0 Å². The number of para-hydroxylation sites is 1. The quantitative estimate of drug-likeness (QED) is 0.547. The van der Waals surface area contributed by atoms with Crippen molar-refractivity contribution in [2.75, 3.05) is 11.9 Å². The molecule has 0 bridgehead atoms. The normalized spacial score (nSPS) is 12.2. The molecule has 0 aliphatic heterocycles. The number of carbonyl (C=O) groups excluding carboxylic acids is 1. The third-order valence-electron chi connectivity index (χ3n) is 4.36. The van der Waals surface area contributed by atoms with Gasteiger partial charge >= 0.3 is 0 Å². The van der Waals surface area contributed by atoms with Gasteiger partial charge in [-0.15, -0.1) is 0 Å². The lowest BCUT2D eigenvalue weighted by Crippen LogP contribution is -2.26. The maximum Gasteiger partial charge on any atom is 0.262 e. The lowest BCUT2D eigenvalue weighted by Gasteiger charge is -2.15. The summed E-state index contributed by atoms with van der Waals surface area (Å²) in [5, 5.41) is 2.10. The Labute approximate surface area is 178 Å². The lowest BCUT2D eigenvalue weighted by molar-refractivity contribution is -0.118. The monoisotopic (exact) mass is 446 g/mol. The number of amides is 1. The van der Waals surface area contributed by atoms with Gasteiger partial charge in [0.2, 0.25) is 10.0 Å². The van der Waals surface area contributed by atoms with Crippen molar-refractivity contribution >= 4 is 21.6 Å². The van der Waals surface area contributed by atoms with Gasteiger partial charge in [-0.1, -0.05) is 36.4 Å². The molecule has 0 aliphatic carbocycles. The smallest absolute Gasteiger partial charge is 0.262 e. The van der Waals surface area contributed by atoms with E-state index in [0.717, 1.165) is 17.7 Å². The number of hydrogen-bond acceptors (Lipinski definition) is 4. The molecule has 0 spiro atoms. The van der Waals surface area contributed by atoms with Crippen molar-refractivity contribution in [2.24, 2.45) is 0 Å². The van der Waals surface area contributed by atoms with Gasteiger partial charge < -0.3 is 10.1 Å². The van der Waals surface area contributed by atoms with Gasteiger partial charge in [0.1, 0.15) is 23.1 Å². The van der Waals surface area contributed by atoms with Crippen molar-refractivity contribution in [1.82, 2.24) is 4.72 Å². The average molecular weight is 446 g/mol. The Kier molecular flexibility index (Phi) is 6.98. The zero-order valence-corrected chi connectivity index (χ0v) is 17.3. The zero-order chi connectivity index (χ0) is 22.4. The molecule has 0 unspecified atom stereocenters. The molecule has 0 saturated heterocycles. The number of sulfonamides is 1. The summed E-state index contributed by atoms with van der Waals surface area (Å²) >= 11 is 0. The Morgan fingerprint density at radius 2 is 1.55 bits per heavy atom.